The van der Waals surface area contributed by atoms with Crippen LogP contribution in [-0.2, 0) is 0 Å². The molecule has 2 heterocycles. The molecule has 0 saturated carbocycles. The molecule has 0 nitrogen and oxygen atoms in total. The lowest BCUT2D eigenvalue weighted by molar-refractivity contribution is 1.46. The molecule has 0 unspecified atom stereocenters. The second-order valence-corrected chi connectivity index (χ2v) is 8.95. The second-order valence-electron chi connectivity index (χ2n) is 6.53. The fourth-order valence-electron chi connectivity index (χ4n) is 2.75. The normalized spacial score (nSPS) is 11.9. The van der Waals surface area contributed by atoms with E-state index in [0.717, 1.165) is 0 Å². The Hall–Kier alpha value is -2.42. The fourth-order valence-corrected chi connectivity index (χ4v) is 5.04. The first kappa shape index (κ1) is 17.0. The molecule has 4 rings (SSSR count). The molecule has 2 aromatic carbocycles. The Morgan fingerprint density at radius 3 is 1.38 bits per heavy atom. The van der Waals surface area contributed by atoms with Crippen molar-refractivity contribution in [1.29, 1.82) is 0 Å². The summed E-state index contributed by atoms with van der Waals surface area (Å²) in [4.78, 5) is 2.61. The van der Waals surface area contributed by atoms with E-state index in [2.05, 4.69) is 98.8 Å². The summed E-state index contributed by atoms with van der Waals surface area (Å²) in [6, 6.07) is 21.8. The lowest BCUT2D eigenvalue weighted by atomic mass is 10.1. The maximum Gasteiger partial charge on any atom is 0.0877 e. The van der Waals surface area contributed by atoms with Crippen molar-refractivity contribution in [3.8, 4) is 0 Å². The molecule has 4 aromatic rings. The van der Waals surface area contributed by atoms with Gasteiger partial charge in [-0.3, -0.25) is 0 Å². The van der Waals surface area contributed by atoms with E-state index in [1.165, 1.54) is 41.4 Å². The Labute approximate surface area is 162 Å². The predicted octanol–water partition coefficient (Wildman–Crippen LogP) is 7.92. The molecule has 0 amide bonds. The van der Waals surface area contributed by atoms with E-state index < -0.39 is 0 Å². The largest absolute Gasteiger partial charge is 0.125 e. The van der Waals surface area contributed by atoms with Crippen molar-refractivity contribution >= 4 is 56.4 Å². The predicted molar refractivity (Wildman–Crippen MR) is 120 cm³/mol. The van der Waals surface area contributed by atoms with Gasteiger partial charge in [0.05, 0.1) is 4.01 Å². The highest BCUT2D eigenvalue weighted by Crippen LogP contribution is 2.35. The van der Waals surface area contributed by atoms with Crippen LogP contribution in [0.2, 0.25) is 0 Å². The molecule has 2 aromatic heterocycles. The van der Waals surface area contributed by atoms with Gasteiger partial charge in [0, 0.05) is 15.1 Å². The Morgan fingerprint density at radius 1 is 0.577 bits per heavy atom. The first-order valence-corrected chi connectivity index (χ1v) is 10.3. The van der Waals surface area contributed by atoms with Crippen molar-refractivity contribution in [1.82, 2.24) is 0 Å². The molecule has 0 atom stereocenters. The van der Waals surface area contributed by atoms with E-state index in [9.17, 15) is 0 Å². The van der Waals surface area contributed by atoms with Gasteiger partial charge in [-0.1, -0.05) is 71.8 Å². The Bertz CT molecular complexity index is 955. The van der Waals surface area contributed by atoms with Crippen molar-refractivity contribution in [2.24, 2.45) is 0 Å². The molecular weight excluding hydrogens is 352 g/mol. The quantitative estimate of drug-likeness (QED) is 0.341. The van der Waals surface area contributed by atoms with Crippen LogP contribution in [0.3, 0.4) is 0 Å². The molecule has 0 fully saturated rings. The standard InChI is InChI=1S/C24H20S2/c1-17-3-7-19(8-4-17)11-13-22-15-21-16-23(26-24(21)25-22)14-12-20-9-5-18(2)6-10-20/h3-16H,1-2H3. The average molecular weight is 373 g/mol. The van der Waals surface area contributed by atoms with Crippen LogP contribution < -0.4 is 0 Å². The van der Waals surface area contributed by atoms with Crippen molar-refractivity contribution < 1.29 is 0 Å². The van der Waals surface area contributed by atoms with E-state index in [1.54, 1.807) is 0 Å². The monoisotopic (exact) mass is 372 g/mol. The zero-order chi connectivity index (χ0) is 17.9. The van der Waals surface area contributed by atoms with Gasteiger partial charge in [0.15, 0.2) is 0 Å². The number of fused-ring (bicyclic) bond motifs is 1. The van der Waals surface area contributed by atoms with Gasteiger partial charge in [0.2, 0.25) is 0 Å². The number of benzene rings is 2. The van der Waals surface area contributed by atoms with Gasteiger partial charge in [0.25, 0.3) is 0 Å². The molecule has 0 saturated heterocycles. The van der Waals surface area contributed by atoms with Gasteiger partial charge < -0.3 is 0 Å². The molecule has 0 aliphatic carbocycles. The minimum absolute atomic E-state index is 1.24. The minimum atomic E-state index is 1.24. The van der Waals surface area contributed by atoms with E-state index >= 15 is 0 Å². The zero-order valence-electron chi connectivity index (χ0n) is 14.9. The molecule has 0 spiro atoms. The van der Waals surface area contributed by atoms with Crippen LogP contribution in [0.25, 0.3) is 33.7 Å². The zero-order valence-corrected chi connectivity index (χ0v) is 16.5. The smallest absolute Gasteiger partial charge is 0.0877 e. The molecule has 0 N–H and O–H groups in total. The summed E-state index contributed by atoms with van der Waals surface area (Å²) in [5.41, 5.74) is 5.08. The number of rotatable bonds is 4. The van der Waals surface area contributed by atoms with Gasteiger partial charge in [-0.05, 0) is 49.3 Å². The van der Waals surface area contributed by atoms with Crippen molar-refractivity contribution in [3.63, 3.8) is 0 Å². The maximum atomic E-state index is 2.28. The van der Waals surface area contributed by atoms with Crippen LogP contribution in [0.15, 0.2) is 60.7 Å². The van der Waals surface area contributed by atoms with Gasteiger partial charge in [-0.25, -0.2) is 0 Å². The van der Waals surface area contributed by atoms with Crippen LogP contribution in [-0.4, -0.2) is 0 Å². The lowest BCUT2D eigenvalue weighted by Gasteiger charge is -1.94. The summed E-state index contributed by atoms with van der Waals surface area (Å²) in [5, 5.41) is 1.34. The Morgan fingerprint density at radius 2 is 1.00 bits per heavy atom. The number of hydrogen-bond donors (Lipinski definition) is 0. The van der Waals surface area contributed by atoms with Gasteiger partial charge in [-0.2, -0.15) is 0 Å². The summed E-state index contributed by atoms with van der Waals surface area (Å²) in [5.74, 6) is 0. The maximum absolute atomic E-state index is 2.28. The first-order chi connectivity index (χ1) is 12.7. The van der Waals surface area contributed by atoms with E-state index in [4.69, 9.17) is 0 Å². The molecular formula is C24H20S2. The van der Waals surface area contributed by atoms with E-state index in [1.807, 2.05) is 22.7 Å². The fraction of sp³-hybridized carbons (Fsp3) is 0.0833. The molecule has 26 heavy (non-hydrogen) atoms. The Balaban J connectivity index is 1.50. The Kier molecular flexibility index (Phi) is 4.87. The summed E-state index contributed by atoms with van der Waals surface area (Å²) in [6.07, 6.45) is 8.80. The van der Waals surface area contributed by atoms with E-state index in [-0.39, 0.29) is 0 Å². The number of thiophene rings is 2. The third-order valence-corrected chi connectivity index (χ3v) is 6.61. The van der Waals surface area contributed by atoms with Crippen molar-refractivity contribution in [3.05, 3.63) is 92.7 Å². The highest BCUT2D eigenvalue weighted by Gasteiger charge is 2.04. The summed E-state index contributed by atoms with van der Waals surface area (Å²) in [7, 11) is 0. The van der Waals surface area contributed by atoms with Gasteiger partial charge in [-0.15, -0.1) is 22.7 Å². The topological polar surface area (TPSA) is 0 Å². The summed E-state index contributed by atoms with van der Waals surface area (Å²) in [6.45, 7) is 4.23. The van der Waals surface area contributed by atoms with Crippen LogP contribution in [0.5, 0.6) is 0 Å². The van der Waals surface area contributed by atoms with Crippen molar-refractivity contribution in [2.75, 3.05) is 0 Å². The molecule has 2 heteroatoms. The third-order valence-electron chi connectivity index (χ3n) is 4.29. The average Bonchev–Trinajstić information content (AvgIpc) is 3.19. The van der Waals surface area contributed by atoms with Crippen LogP contribution in [0, 0.1) is 13.8 Å². The minimum Gasteiger partial charge on any atom is -0.125 e. The molecule has 0 aliphatic rings. The molecule has 0 aliphatic heterocycles. The molecule has 0 bridgehead atoms. The first-order valence-electron chi connectivity index (χ1n) is 8.69. The highest BCUT2D eigenvalue weighted by molar-refractivity contribution is 7.39. The van der Waals surface area contributed by atoms with Crippen LogP contribution in [0.4, 0.5) is 0 Å². The van der Waals surface area contributed by atoms with Gasteiger partial charge >= 0.3 is 0 Å². The molecule has 0 radical (unpaired) electrons. The highest BCUT2D eigenvalue weighted by atomic mass is 32.2. The van der Waals surface area contributed by atoms with Crippen LogP contribution in [0.1, 0.15) is 32.0 Å². The van der Waals surface area contributed by atoms with Gasteiger partial charge in [0.1, 0.15) is 0 Å². The molecule has 128 valence electrons. The SMILES string of the molecule is Cc1ccc(C=Cc2cc3cc(C=Cc4ccc(C)cc4)sc3s2)cc1. The van der Waals surface area contributed by atoms with Crippen molar-refractivity contribution in [2.45, 2.75) is 13.8 Å². The lowest BCUT2D eigenvalue weighted by Crippen LogP contribution is -1.73. The summed E-state index contributed by atoms with van der Waals surface area (Å²) < 4.78 is 1.39. The number of hydrogen-bond acceptors (Lipinski definition) is 2. The third kappa shape index (κ3) is 4.04. The van der Waals surface area contributed by atoms with Crippen LogP contribution >= 0.6 is 22.7 Å². The second kappa shape index (κ2) is 7.45. The van der Waals surface area contributed by atoms with E-state index in [0.29, 0.717) is 0 Å². The summed E-state index contributed by atoms with van der Waals surface area (Å²) >= 11 is 3.72. The number of aryl methyl sites for hydroxylation is 2.